The minimum Gasteiger partial charge on any atom is -0.465 e. The highest BCUT2D eigenvalue weighted by molar-refractivity contribution is 7.80. The van der Waals surface area contributed by atoms with Crippen molar-refractivity contribution in [2.75, 3.05) is 17.7 Å². The van der Waals surface area contributed by atoms with Gasteiger partial charge in [-0.1, -0.05) is 12.1 Å². The number of esters is 1. The number of aromatic nitrogens is 2. The second-order valence-electron chi connectivity index (χ2n) is 6.04. The number of carbonyl (C=O) groups is 1. The number of benzene rings is 2. The molecule has 0 saturated heterocycles. The SMILES string of the molecule is COC(=O)c1ccc(NC(=S)Nc2cc3ncccc3c3cccnc23)cc1. The molecule has 0 unspecified atom stereocenters. The molecule has 2 aromatic carbocycles. The summed E-state index contributed by atoms with van der Waals surface area (Å²) >= 11 is 5.45. The van der Waals surface area contributed by atoms with Gasteiger partial charge in [0, 0.05) is 28.9 Å². The van der Waals surface area contributed by atoms with E-state index in [0.29, 0.717) is 10.7 Å². The molecule has 6 nitrogen and oxygen atoms in total. The Hall–Kier alpha value is -3.58. The van der Waals surface area contributed by atoms with E-state index in [-0.39, 0.29) is 5.97 Å². The summed E-state index contributed by atoms with van der Waals surface area (Å²) in [6.07, 6.45) is 3.51. The molecule has 0 aliphatic rings. The number of anilines is 2. The first kappa shape index (κ1) is 17.8. The second-order valence-corrected chi connectivity index (χ2v) is 6.45. The lowest BCUT2D eigenvalue weighted by molar-refractivity contribution is 0.0601. The van der Waals surface area contributed by atoms with Crippen molar-refractivity contribution in [2.24, 2.45) is 0 Å². The molecule has 0 fully saturated rings. The van der Waals surface area contributed by atoms with Crippen molar-refractivity contribution in [3.05, 3.63) is 72.6 Å². The first-order valence-corrected chi connectivity index (χ1v) is 8.95. The van der Waals surface area contributed by atoms with E-state index < -0.39 is 0 Å². The van der Waals surface area contributed by atoms with Crippen LogP contribution in [0.5, 0.6) is 0 Å². The molecule has 2 N–H and O–H groups in total. The lowest BCUT2D eigenvalue weighted by atomic mass is 10.1. The Labute approximate surface area is 166 Å². The van der Waals surface area contributed by atoms with Gasteiger partial charge in [0.1, 0.15) is 0 Å². The summed E-state index contributed by atoms with van der Waals surface area (Å²) in [5.74, 6) is -0.381. The van der Waals surface area contributed by atoms with Crippen LogP contribution in [0.1, 0.15) is 10.4 Å². The Kier molecular flexibility index (Phi) is 4.82. The van der Waals surface area contributed by atoms with Crippen LogP contribution in [0.4, 0.5) is 11.4 Å². The minimum atomic E-state index is -0.381. The maximum atomic E-state index is 11.5. The third-order valence-corrected chi connectivity index (χ3v) is 4.49. The number of rotatable bonds is 3. The molecule has 2 aromatic heterocycles. The van der Waals surface area contributed by atoms with Crippen molar-refractivity contribution in [3.8, 4) is 0 Å². The molecule has 7 heteroatoms. The molecule has 138 valence electrons. The van der Waals surface area contributed by atoms with Gasteiger partial charge in [-0.25, -0.2) is 4.79 Å². The van der Waals surface area contributed by atoms with Crippen molar-refractivity contribution in [3.63, 3.8) is 0 Å². The molecular weight excluding hydrogens is 372 g/mol. The molecule has 0 aliphatic heterocycles. The molecule has 0 saturated carbocycles. The Morgan fingerprint density at radius 1 is 0.964 bits per heavy atom. The third-order valence-electron chi connectivity index (χ3n) is 4.28. The second kappa shape index (κ2) is 7.58. The van der Waals surface area contributed by atoms with Crippen LogP contribution >= 0.6 is 12.2 Å². The molecule has 0 amide bonds. The number of hydrogen-bond acceptors (Lipinski definition) is 5. The van der Waals surface area contributed by atoms with Gasteiger partial charge in [-0.05, 0) is 54.7 Å². The van der Waals surface area contributed by atoms with E-state index in [1.807, 2.05) is 30.3 Å². The van der Waals surface area contributed by atoms with Crippen molar-refractivity contribution in [1.29, 1.82) is 0 Å². The van der Waals surface area contributed by atoms with E-state index in [0.717, 1.165) is 33.2 Å². The number of thiocarbonyl (C=S) groups is 1. The highest BCUT2D eigenvalue weighted by atomic mass is 32.1. The summed E-state index contributed by atoms with van der Waals surface area (Å²) in [5.41, 5.74) is 3.67. The zero-order valence-corrected chi connectivity index (χ0v) is 15.8. The molecule has 4 rings (SSSR count). The van der Waals surface area contributed by atoms with Gasteiger partial charge >= 0.3 is 5.97 Å². The highest BCUT2D eigenvalue weighted by Crippen LogP contribution is 2.29. The maximum Gasteiger partial charge on any atom is 0.337 e. The zero-order chi connectivity index (χ0) is 19.5. The normalized spacial score (nSPS) is 10.6. The number of methoxy groups -OCH3 is 1. The number of fused-ring (bicyclic) bond motifs is 3. The largest absolute Gasteiger partial charge is 0.465 e. The average Bonchev–Trinajstić information content (AvgIpc) is 2.74. The van der Waals surface area contributed by atoms with Gasteiger partial charge in [-0.3, -0.25) is 9.97 Å². The van der Waals surface area contributed by atoms with Crippen LogP contribution in [0, 0.1) is 0 Å². The Bertz CT molecular complexity index is 1190. The van der Waals surface area contributed by atoms with Crippen LogP contribution < -0.4 is 10.6 Å². The van der Waals surface area contributed by atoms with Crippen LogP contribution in [-0.2, 0) is 4.74 Å². The molecule has 0 bridgehead atoms. The summed E-state index contributed by atoms with van der Waals surface area (Å²) in [7, 11) is 1.35. The Morgan fingerprint density at radius 2 is 1.68 bits per heavy atom. The molecule has 0 aliphatic carbocycles. The Balaban J connectivity index is 1.60. The first-order chi connectivity index (χ1) is 13.7. The number of pyridine rings is 2. The van der Waals surface area contributed by atoms with E-state index in [4.69, 9.17) is 17.0 Å². The highest BCUT2D eigenvalue weighted by Gasteiger charge is 2.10. The summed E-state index contributed by atoms with van der Waals surface area (Å²) in [6.45, 7) is 0. The molecule has 0 spiro atoms. The number of hydrogen-bond donors (Lipinski definition) is 2. The summed E-state index contributed by atoms with van der Waals surface area (Å²) in [6, 6.07) is 16.6. The topological polar surface area (TPSA) is 76.1 Å². The van der Waals surface area contributed by atoms with Crippen LogP contribution in [0.3, 0.4) is 0 Å². The summed E-state index contributed by atoms with van der Waals surface area (Å²) in [4.78, 5) is 20.5. The predicted molar refractivity (Wildman–Crippen MR) is 115 cm³/mol. The number of nitrogens with one attached hydrogen (secondary N) is 2. The number of carbonyl (C=O) groups excluding carboxylic acids is 1. The summed E-state index contributed by atoms with van der Waals surface area (Å²) < 4.78 is 4.70. The monoisotopic (exact) mass is 388 g/mol. The fraction of sp³-hybridized carbons (Fsp3) is 0.0476. The fourth-order valence-electron chi connectivity index (χ4n) is 2.99. The number of ether oxygens (including phenoxy) is 1. The van der Waals surface area contributed by atoms with Gasteiger partial charge in [-0.2, -0.15) is 0 Å². The van der Waals surface area contributed by atoms with E-state index in [1.54, 1.807) is 36.7 Å². The Morgan fingerprint density at radius 3 is 2.43 bits per heavy atom. The third kappa shape index (κ3) is 3.47. The molecule has 28 heavy (non-hydrogen) atoms. The van der Waals surface area contributed by atoms with Gasteiger partial charge in [0.15, 0.2) is 5.11 Å². The number of nitrogens with zero attached hydrogens (tertiary/aromatic N) is 2. The van der Waals surface area contributed by atoms with Crippen LogP contribution in [-0.4, -0.2) is 28.2 Å². The smallest absolute Gasteiger partial charge is 0.337 e. The molecule has 0 radical (unpaired) electrons. The predicted octanol–water partition coefficient (Wildman–Crippen LogP) is 4.38. The van der Waals surface area contributed by atoms with Crippen molar-refractivity contribution in [1.82, 2.24) is 9.97 Å². The van der Waals surface area contributed by atoms with Gasteiger partial charge in [-0.15, -0.1) is 0 Å². The van der Waals surface area contributed by atoms with Crippen molar-refractivity contribution >= 4 is 56.5 Å². The van der Waals surface area contributed by atoms with E-state index >= 15 is 0 Å². The van der Waals surface area contributed by atoms with Crippen LogP contribution in [0.15, 0.2) is 67.0 Å². The first-order valence-electron chi connectivity index (χ1n) is 8.54. The molecule has 4 aromatic rings. The lowest BCUT2D eigenvalue weighted by Crippen LogP contribution is -2.19. The molecule has 2 heterocycles. The lowest BCUT2D eigenvalue weighted by Gasteiger charge is -2.13. The standard InChI is InChI=1S/C21H16N4O2S/c1-27-20(26)13-6-8-14(9-7-13)24-21(28)25-18-12-17-15(4-2-10-22-17)16-5-3-11-23-19(16)18/h2-12H,1H3,(H2,24,25,28). The average molecular weight is 388 g/mol. The van der Waals surface area contributed by atoms with Crippen LogP contribution in [0.2, 0.25) is 0 Å². The molecule has 0 atom stereocenters. The maximum absolute atomic E-state index is 11.5. The summed E-state index contributed by atoms with van der Waals surface area (Å²) in [5, 5.41) is 8.75. The van der Waals surface area contributed by atoms with E-state index in [2.05, 4.69) is 20.6 Å². The zero-order valence-electron chi connectivity index (χ0n) is 15.0. The van der Waals surface area contributed by atoms with Crippen molar-refractivity contribution in [2.45, 2.75) is 0 Å². The van der Waals surface area contributed by atoms with Crippen molar-refractivity contribution < 1.29 is 9.53 Å². The van der Waals surface area contributed by atoms with E-state index in [1.165, 1.54) is 7.11 Å². The van der Waals surface area contributed by atoms with Gasteiger partial charge in [0.25, 0.3) is 0 Å². The van der Waals surface area contributed by atoms with E-state index in [9.17, 15) is 4.79 Å². The molecular formula is C21H16N4O2S. The van der Waals surface area contributed by atoms with Crippen LogP contribution in [0.25, 0.3) is 21.8 Å². The van der Waals surface area contributed by atoms with Gasteiger partial charge in [0.05, 0.1) is 29.4 Å². The van der Waals surface area contributed by atoms with Gasteiger partial charge < -0.3 is 15.4 Å². The quantitative estimate of drug-likeness (QED) is 0.306. The minimum absolute atomic E-state index is 0.381. The fourth-order valence-corrected chi connectivity index (χ4v) is 3.22. The van der Waals surface area contributed by atoms with Gasteiger partial charge in [0.2, 0.25) is 0 Å².